The van der Waals surface area contributed by atoms with Crippen molar-refractivity contribution in [2.75, 3.05) is 6.61 Å². The van der Waals surface area contributed by atoms with Crippen molar-refractivity contribution in [3.8, 4) is 5.75 Å². The normalized spacial score (nSPS) is 24.8. The molecule has 0 bridgehead atoms. The highest BCUT2D eigenvalue weighted by Crippen LogP contribution is 2.42. The van der Waals surface area contributed by atoms with E-state index in [9.17, 15) is 24.1 Å². The molecular formula is C23H30FN3O9P+. The number of carbonyl (C=O) groups excluding carboxylic acids is 1. The molecule has 2 aromatic rings. The molecule has 14 heteroatoms. The molecule has 2 N–H and O–H groups in total. The van der Waals surface area contributed by atoms with Gasteiger partial charge in [-0.25, -0.2) is 9.18 Å². The van der Waals surface area contributed by atoms with Gasteiger partial charge >= 0.3 is 19.8 Å². The maximum absolute atomic E-state index is 15.4. The number of benzene rings is 1. The smallest absolute Gasteiger partial charge is 0.462 e. The number of H-pyrrole nitrogens is 1. The van der Waals surface area contributed by atoms with Crippen molar-refractivity contribution < 1.29 is 37.7 Å². The minimum atomic E-state index is -2.89. The van der Waals surface area contributed by atoms with E-state index in [1.807, 2.05) is 11.9 Å². The monoisotopic (exact) mass is 542 g/mol. The minimum absolute atomic E-state index is 0.271. The minimum Gasteiger partial charge on any atom is -0.462 e. The Kier molecular flexibility index (Phi) is 8.98. The van der Waals surface area contributed by atoms with Crippen molar-refractivity contribution in [2.24, 2.45) is 0 Å². The largest absolute Gasteiger partial charge is 0.653 e. The Labute approximate surface area is 212 Å². The number of halogens is 1. The number of nitrogens with zero attached hydrogens (tertiary/aromatic N) is 2. The van der Waals surface area contributed by atoms with E-state index in [4.69, 9.17) is 18.8 Å². The highest BCUT2D eigenvalue weighted by atomic mass is 31.1. The number of alkyl halides is 1. The van der Waals surface area contributed by atoms with Crippen LogP contribution >= 0.6 is 8.18 Å². The number of aliphatic hydroxyl groups is 1. The van der Waals surface area contributed by atoms with Gasteiger partial charge in [-0.05, 0) is 51.3 Å². The van der Waals surface area contributed by atoms with E-state index in [0.29, 0.717) is 0 Å². The van der Waals surface area contributed by atoms with Gasteiger partial charge in [0.05, 0.1) is 6.10 Å². The Balaban J connectivity index is 1.76. The summed E-state index contributed by atoms with van der Waals surface area (Å²) in [4.78, 5) is 44.4. The summed E-state index contributed by atoms with van der Waals surface area (Å²) in [6.45, 7) is 7.04. The molecule has 1 aromatic carbocycles. The third-order valence-corrected chi connectivity index (χ3v) is 6.70. The van der Waals surface area contributed by atoms with Crippen molar-refractivity contribution in [1.82, 2.24) is 14.4 Å². The highest BCUT2D eigenvalue weighted by Gasteiger charge is 2.56. The molecule has 3 rings (SSSR count). The highest BCUT2D eigenvalue weighted by molar-refractivity contribution is 7.36. The molecule has 1 aromatic heterocycles. The van der Waals surface area contributed by atoms with Crippen molar-refractivity contribution >= 4 is 14.1 Å². The van der Waals surface area contributed by atoms with E-state index in [-0.39, 0.29) is 5.75 Å². The molecule has 0 saturated carbocycles. The molecule has 2 heterocycles. The van der Waals surface area contributed by atoms with E-state index in [0.717, 1.165) is 34.2 Å². The standard InChI is InChI=1S/C23H29FN3O9P/c1-13(2)34-20(30)15(4)27(36-16-8-6-14(3)7-9-16)37(32)33-12-17-19(29)23(5,24)21(35-17)26-11-10-18(28)25-22(26)31/h6-11,13,15,17,19,21,29H,12H2,1-5H3/p+1/t15?,17-,19-,21-,23-/m1/s1. The average molecular weight is 542 g/mol. The summed E-state index contributed by atoms with van der Waals surface area (Å²) in [5, 5.41) is 10.5. The molecule has 12 nitrogen and oxygen atoms in total. The van der Waals surface area contributed by atoms with Crippen LogP contribution in [0.3, 0.4) is 0 Å². The first-order chi connectivity index (χ1) is 17.3. The Morgan fingerprint density at radius 3 is 2.51 bits per heavy atom. The van der Waals surface area contributed by atoms with Crippen molar-refractivity contribution in [2.45, 2.75) is 70.9 Å². The Morgan fingerprint density at radius 1 is 1.27 bits per heavy atom. The van der Waals surface area contributed by atoms with Crippen LogP contribution in [0.4, 0.5) is 4.39 Å². The molecule has 1 fully saturated rings. The first-order valence-electron chi connectivity index (χ1n) is 11.5. The molecule has 1 saturated heterocycles. The lowest BCUT2D eigenvalue weighted by Crippen LogP contribution is -2.43. The predicted octanol–water partition coefficient (Wildman–Crippen LogP) is 2.14. The number of aromatic amines is 1. The summed E-state index contributed by atoms with van der Waals surface area (Å²) < 4.78 is 45.4. The van der Waals surface area contributed by atoms with Gasteiger partial charge in [0.25, 0.3) is 5.56 Å². The molecule has 0 aliphatic carbocycles. The van der Waals surface area contributed by atoms with Gasteiger partial charge in [-0.3, -0.25) is 19.1 Å². The lowest BCUT2D eigenvalue weighted by atomic mass is 9.98. The lowest BCUT2D eigenvalue weighted by Gasteiger charge is -2.24. The molecule has 0 spiro atoms. The fraction of sp³-hybridized carbons (Fsp3) is 0.522. The number of esters is 1. The quantitative estimate of drug-likeness (QED) is 0.260. The van der Waals surface area contributed by atoms with Crippen LogP contribution < -0.4 is 16.1 Å². The number of ether oxygens (including phenoxy) is 2. The summed E-state index contributed by atoms with van der Waals surface area (Å²) in [6, 6.07) is 6.56. The van der Waals surface area contributed by atoms with Gasteiger partial charge in [-0.1, -0.05) is 17.7 Å². The second-order valence-corrected chi connectivity index (χ2v) is 10.2. The van der Waals surface area contributed by atoms with Gasteiger partial charge in [-0.2, -0.15) is 0 Å². The zero-order valence-corrected chi connectivity index (χ0v) is 21.9. The first-order valence-corrected chi connectivity index (χ1v) is 12.6. The van der Waals surface area contributed by atoms with Crippen LogP contribution in [-0.4, -0.2) is 62.1 Å². The van der Waals surface area contributed by atoms with E-state index >= 15 is 4.39 Å². The third kappa shape index (κ3) is 6.68. The zero-order valence-electron chi connectivity index (χ0n) is 21.0. The number of hydrogen-bond acceptors (Lipinski definition) is 9. The number of carbonyl (C=O) groups is 1. The number of hydrogen-bond donors (Lipinski definition) is 2. The molecule has 202 valence electrons. The number of aliphatic hydroxyl groups excluding tert-OH is 1. The van der Waals surface area contributed by atoms with Gasteiger partial charge in [0.1, 0.15) is 23.6 Å². The summed E-state index contributed by atoms with van der Waals surface area (Å²) in [5.41, 5.74) is -3.13. The molecule has 1 aliphatic heterocycles. The van der Waals surface area contributed by atoms with E-state index in [1.54, 1.807) is 38.1 Å². The van der Waals surface area contributed by atoms with Gasteiger partial charge in [-0.15, -0.1) is 4.52 Å². The van der Waals surface area contributed by atoms with Gasteiger partial charge in [0.2, 0.25) is 0 Å². The first kappa shape index (κ1) is 28.6. The number of rotatable bonds is 10. The third-order valence-electron chi connectivity index (χ3n) is 5.58. The van der Waals surface area contributed by atoms with Crippen LogP contribution in [0.15, 0.2) is 46.1 Å². The van der Waals surface area contributed by atoms with Crippen LogP contribution in [0.1, 0.15) is 39.5 Å². The van der Waals surface area contributed by atoms with Crippen LogP contribution in [-0.2, 0) is 23.4 Å². The number of aryl methyl sites for hydroxylation is 1. The molecule has 1 aliphatic rings. The van der Waals surface area contributed by atoms with E-state index < -0.39 is 68.3 Å². The number of hydroxylamine groups is 1. The maximum atomic E-state index is 15.4. The Hall–Kier alpha value is -2.96. The van der Waals surface area contributed by atoms with E-state index in [2.05, 4.69) is 0 Å². The van der Waals surface area contributed by atoms with Crippen LogP contribution in [0, 0.1) is 6.92 Å². The summed E-state index contributed by atoms with van der Waals surface area (Å²) in [6.07, 6.45) is -4.13. The van der Waals surface area contributed by atoms with Crippen LogP contribution in [0.25, 0.3) is 0 Å². The van der Waals surface area contributed by atoms with Crippen LogP contribution in [0.2, 0.25) is 0 Å². The van der Waals surface area contributed by atoms with Crippen molar-refractivity contribution in [3.63, 3.8) is 0 Å². The zero-order chi connectivity index (χ0) is 27.5. The van der Waals surface area contributed by atoms with Crippen molar-refractivity contribution in [3.05, 3.63) is 62.9 Å². The summed E-state index contributed by atoms with van der Waals surface area (Å²) in [7, 11) is -2.89. The number of nitrogens with one attached hydrogen (secondary N) is 1. The molecule has 6 atom stereocenters. The molecule has 0 amide bonds. The lowest BCUT2D eigenvalue weighted by molar-refractivity contribution is -0.159. The SMILES string of the molecule is Cc1ccc(ON(C(C)C(=O)OC(C)C)[P+](=O)OC[C@H]2O[C@@H](n3ccc(=O)[nH]c3=O)[C@](C)(F)[C@@H]2O)cc1. The Morgan fingerprint density at radius 2 is 1.92 bits per heavy atom. The molecule has 2 unspecified atom stereocenters. The molecule has 37 heavy (non-hydrogen) atoms. The summed E-state index contributed by atoms with van der Waals surface area (Å²) >= 11 is 0. The average Bonchev–Trinajstić information content (AvgIpc) is 3.04. The predicted molar refractivity (Wildman–Crippen MR) is 129 cm³/mol. The fourth-order valence-electron chi connectivity index (χ4n) is 3.54. The van der Waals surface area contributed by atoms with Gasteiger partial charge < -0.3 is 19.4 Å². The van der Waals surface area contributed by atoms with Crippen LogP contribution in [0.5, 0.6) is 5.75 Å². The van der Waals surface area contributed by atoms with Gasteiger partial charge in [0, 0.05) is 12.3 Å². The second kappa shape index (κ2) is 11.6. The second-order valence-electron chi connectivity index (χ2n) is 9.04. The Bertz CT molecular complexity index is 1230. The molecular weight excluding hydrogens is 512 g/mol. The topological polar surface area (TPSA) is 149 Å². The maximum Gasteiger partial charge on any atom is 0.653 e. The van der Waals surface area contributed by atoms with Crippen molar-refractivity contribution in [1.29, 1.82) is 0 Å². The number of aromatic nitrogens is 2. The molecule has 0 radical (unpaired) electrons. The van der Waals surface area contributed by atoms with E-state index in [1.165, 1.54) is 6.92 Å². The van der Waals surface area contributed by atoms with Gasteiger partial charge in [0.15, 0.2) is 23.7 Å². The summed E-state index contributed by atoms with van der Waals surface area (Å²) in [5.74, 6) is -0.451. The fourth-order valence-corrected chi connectivity index (χ4v) is 4.46.